The van der Waals surface area contributed by atoms with Crippen LogP contribution in [0.15, 0.2) is 24.4 Å². The van der Waals surface area contributed by atoms with Gasteiger partial charge in [-0.3, -0.25) is 0 Å². The van der Waals surface area contributed by atoms with Gasteiger partial charge in [0.1, 0.15) is 5.56 Å². The van der Waals surface area contributed by atoms with Crippen LogP contribution in [0.25, 0.3) is 5.69 Å². The maximum Gasteiger partial charge on any atom is 0.339 e. The molecule has 4 nitrogen and oxygen atoms in total. The van der Waals surface area contributed by atoms with Crippen molar-refractivity contribution in [3.8, 4) is 5.69 Å². The second-order valence-corrected chi connectivity index (χ2v) is 4.46. The molecule has 2 rings (SSSR count). The van der Waals surface area contributed by atoms with E-state index in [2.05, 4.69) is 5.10 Å². The highest BCUT2D eigenvalue weighted by atomic mass is 35.5. The first kappa shape index (κ1) is 12.6. The normalized spacial score (nSPS) is 10.6. The highest BCUT2D eigenvalue weighted by Crippen LogP contribution is 2.20. The number of carboxylic acid groups (broad SMARTS) is 1. The van der Waals surface area contributed by atoms with Gasteiger partial charge in [0.05, 0.1) is 11.4 Å². The third kappa shape index (κ3) is 2.24. The number of hydrogen-bond donors (Lipinski definition) is 1. The molecule has 18 heavy (non-hydrogen) atoms. The van der Waals surface area contributed by atoms with Crippen molar-refractivity contribution in [2.75, 3.05) is 0 Å². The molecule has 0 saturated heterocycles. The zero-order valence-electron chi connectivity index (χ0n) is 10.1. The van der Waals surface area contributed by atoms with Crippen molar-refractivity contribution >= 4 is 17.6 Å². The minimum absolute atomic E-state index is 0.242. The number of rotatable bonds is 3. The van der Waals surface area contributed by atoms with E-state index in [1.54, 1.807) is 10.7 Å². The van der Waals surface area contributed by atoms with E-state index >= 15 is 0 Å². The second-order valence-electron chi connectivity index (χ2n) is 4.02. The van der Waals surface area contributed by atoms with E-state index in [4.69, 9.17) is 16.7 Å². The molecule has 1 heterocycles. The second kappa shape index (κ2) is 4.82. The van der Waals surface area contributed by atoms with E-state index in [0.717, 1.165) is 11.3 Å². The lowest BCUT2D eigenvalue weighted by molar-refractivity contribution is 0.0695. The van der Waals surface area contributed by atoms with Crippen molar-refractivity contribution < 1.29 is 9.90 Å². The highest BCUT2D eigenvalue weighted by Gasteiger charge is 2.15. The first-order chi connectivity index (χ1) is 8.52. The Morgan fingerprint density at radius 2 is 2.22 bits per heavy atom. The van der Waals surface area contributed by atoms with E-state index in [9.17, 15) is 4.79 Å². The van der Waals surface area contributed by atoms with Crippen LogP contribution in [0.3, 0.4) is 0 Å². The molecule has 0 aliphatic carbocycles. The fraction of sp³-hybridized carbons (Fsp3) is 0.231. The largest absolute Gasteiger partial charge is 0.478 e. The molecule has 0 radical (unpaired) electrons. The number of carbonyl (C=O) groups is 1. The van der Waals surface area contributed by atoms with Gasteiger partial charge in [0.25, 0.3) is 0 Å². The summed E-state index contributed by atoms with van der Waals surface area (Å²) in [6.45, 7) is 3.79. The molecule has 5 heteroatoms. The predicted octanol–water partition coefficient (Wildman–Crippen LogP) is 3.09. The fourth-order valence-electron chi connectivity index (χ4n) is 1.85. The molecule has 0 atom stereocenters. The van der Waals surface area contributed by atoms with Crippen LogP contribution in [0, 0.1) is 6.92 Å². The quantitative estimate of drug-likeness (QED) is 0.927. The fourth-order valence-corrected chi connectivity index (χ4v) is 2.08. The molecular formula is C13H13ClN2O2. The van der Waals surface area contributed by atoms with Crippen molar-refractivity contribution in [1.82, 2.24) is 9.78 Å². The van der Waals surface area contributed by atoms with Crippen LogP contribution >= 0.6 is 11.6 Å². The number of nitrogens with zero attached hydrogens (tertiary/aromatic N) is 2. The summed E-state index contributed by atoms with van der Waals surface area (Å²) in [6, 6.07) is 5.41. The van der Waals surface area contributed by atoms with Gasteiger partial charge in [-0.15, -0.1) is 0 Å². The Morgan fingerprint density at radius 1 is 1.50 bits per heavy atom. The summed E-state index contributed by atoms with van der Waals surface area (Å²) in [4.78, 5) is 11.1. The van der Waals surface area contributed by atoms with E-state index in [0.29, 0.717) is 17.1 Å². The first-order valence-corrected chi connectivity index (χ1v) is 5.99. The number of halogens is 1. The third-order valence-electron chi connectivity index (χ3n) is 2.76. The summed E-state index contributed by atoms with van der Waals surface area (Å²) in [5.41, 5.74) is 2.61. The Hall–Kier alpha value is -1.81. The van der Waals surface area contributed by atoms with Crippen molar-refractivity contribution in [3.05, 3.63) is 46.2 Å². The van der Waals surface area contributed by atoms with E-state index in [-0.39, 0.29) is 5.56 Å². The van der Waals surface area contributed by atoms with Crippen molar-refractivity contribution in [1.29, 1.82) is 0 Å². The van der Waals surface area contributed by atoms with Gasteiger partial charge in [0.15, 0.2) is 0 Å². The van der Waals surface area contributed by atoms with E-state index < -0.39 is 5.97 Å². The zero-order chi connectivity index (χ0) is 13.3. The molecule has 0 bridgehead atoms. The summed E-state index contributed by atoms with van der Waals surface area (Å²) >= 11 is 5.89. The number of aryl methyl sites for hydroxylation is 2. The van der Waals surface area contributed by atoms with E-state index in [1.807, 2.05) is 26.0 Å². The predicted molar refractivity (Wildman–Crippen MR) is 69.6 cm³/mol. The molecule has 1 N–H and O–H groups in total. The molecule has 0 unspecified atom stereocenters. The Labute approximate surface area is 110 Å². The summed E-state index contributed by atoms with van der Waals surface area (Å²) in [5, 5.41) is 14.0. The molecular weight excluding hydrogens is 252 g/mol. The summed E-state index contributed by atoms with van der Waals surface area (Å²) < 4.78 is 1.59. The molecule has 1 aromatic heterocycles. The molecule has 0 aliphatic heterocycles. The van der Waals surface area contributed by atoms with Gasteiger partial charge in [-0.2, -0.15) is 5.10 Å². The van der Waals surface area contributed by atoms with Gasteiger partial charge < -0.3 is 5.11 Å². The maximum absolute atomic E-state index is 11.1. The molecule has 0 amide bonds. The van der Waals surface area contributed by atoms with Crippen LogP contribution in [-0.4, -0.2) is 20.9 Å². The Balaban J connectivity index is 2.54. The summed E-state index contributed by atoms with van der Waals surface area (Å²) in [6.07, 6.45) is 2.12. The van der Waals surface area contributed by atoms with Crippen molar-refractivity contribution in [2.24, 2.45) is 0 Å². The minimum atomic E-state index is -0.954. The molecule has 2 aromatic rings. The van der Waals surface area contributed by atoms with Crippen LogP contribution in [0.2, 0.25) is 5.02 Å². The molecule has 0 saturated carbocycles. The third-order valence-corrected chi connectivity index (χ3v) is 3.00. The Kier molecular flexibility index (Phi) is 3.39. The topological polar surface area (TPSA) is 55.1 Å². The van der Waals surface area contributed by atoms with Crippen molar-refractivity contribution in [2.45, 2.75) is 20.3 Å². The van der Waals surface area contributed by atoms with Gasteiger partial charge in [-0.1, -0.05) is 18.5 Å². The number of hydrogen-bond acceptors (Lipinski definition) is 2. The van der Waals surface area contributed by atoms with Crippen LogP contribution in [0.4, 0.5) is 0 Å². The molecule has 0 spiro atoms. The summed E-state index contributed by atoms with van der Waals surface area (Å²) in [5.74, 6) is -0.954. The lowest BCUT2D eigenvalue weighted by atomic mass is 10.2. The highest BCUT2D eigenvalue weighted by molar-refractivity contribution is 6.30. The lowest BCUT2D eigenvalue weighted by Crippen LogP contribution is -1.98. The van der Waals surface area contributed by atoms with Gasteiger partial charge >= 0.3 is 5.97 Å². The van der Waals surface area contributed by atoms with Crippen LogP contribution in [-0.2, 0) is 6.42 Å². The minimum Gasteiger partial charge on any atom is -0.478 e. The molecule has 94 valence electrons. The van der Waals surface area contributed by atoms with Crippen LogP contribution in [0.1, 0.15) is 28.5 Å². The molecule has 1 aromatic carbocycles. The zero-order valence-corrected chi connectivity index (χ0v) is 10.9. The number of carboxylic acids is 1. The molecule has 0 fully saturated rings. The molecule has 0 aliphatic rings. The summed E-state index contributed by atoms with van der Waals surface area (Å²) in [7, 11) is 0. The monoisotopic (exact) mass is 264 g/mol. The SMILES string of the molecule is CCc1nn(-c2ccc(Cl)cc2C)cc1C(=O)O. The van der Waals surface area contributed by atoms with Crippen LogP contribution < -0.4 is 0 Å². The maximum atomic E-state index is 11.1. The van der Waals surface area contributed by atoms with Crippen LogP contribution in [0.5, 0.6) is 0 Å². The van der Waals surface area contributed by atoms with Crippen molar-refractivity contribution in [3.63, 3.8) is 0 Å². The van der Waals surface area contributed by atoms with Gasteiger partial charge in [0, 0.05) is 11.2 Å². The Bertz CT molecular complexity index is 605. The first-order valence-electron chi connectivity index (χ1n) is 5.61. The Morgan fingerprint density at radius 3 is 2.72 bits per heavy atom. The average molecular weight is 265 g/mol. The number of aromatic carboxylic acids is 1. The average Bonchev–Trinajstić information content (AvgIpc) is 2.73. The number of benzene rings is 1. The van der Waals surface area contributed by atoms with E-state index in [1.165, 1.54) is 6.20 Å². The number of aromatic nitrogens is 2. The standard InChI is InChI=1S/C13H13ClN2O2/c1-3-11-10(13(17)18)7-16(15-11)12-5-4-9(14)6-8(12)2/h4-7H,3H2,1-2H3,(H,17,18). The van der Waals surface area contributed by atoms with Gasteiger partial charge in [0.2, 0.25) is 0 Å². The van der Waals surface area contributed by atoms with Gasteiger partial charge in [-0.25, -0.2) is 9.48 Å². The lowest BCUT2D eigenvalue weighted by Gasteiger charge is -2.05. The van der Waals surface area contributed by atoms with Gasteiger partial charge in [-0.05, 0) is 37.1 Å². The smallest absolute Gasteiger partial charge is 0.339 e.